The Morgan fingerprint density at radius 3 is 2.28 bits per heavy atom. The van der Waals surface area contributed by atoms with Crippen molar-refractivity contribution in [3.05, 3.63) is 96.2 Å². The summed E-state index contributed by atoms with van der Waals surface area (Å²) in [5.74, 6) is -0.721. The predicted octanol–water partition coefficient (Wildman–Crippen LogP) is 6.37. The predicted molar refractivity (Wildman–Crippen MR) is 143 cm³/mol. The zero-order valence-corrected chi connectivity index (χ0v) is 20.6. The third kappa shape index (κ3) is 5.06. The molecule has 4 aromatic rings. The summed E-state index contributed by atoms with van der Waals surface area (Å²) in [6.45, 7) is 2.72. The molecule has 5 nitrogen and oxygen atoms in total. The molecule has 1 aliphatic carbocycles. The molecule has 3 aromatic carbocycles. The van der Waals surface area contributed by atoms with Gasteiger partial charge in [-0.15, -0.1) is 0 Å². The van der Waals surface area contributed by atoms with Crippen LogP contribution in [0.1, 0.15) is 48.5 Å². The quantitative estimate of drug-likeness (QED) is 0.323. The molecule has 184 valence electrons. The van der Waals surface area contributed by atoms with E-state index in [1.54, 1.807) is 0 Å². The van der Waals surface area contributed by atoms with Crippen LogP contribution in [0, 0.1) is 11.8 Å². The molecule has 1 unspecified atom stereocenters. The Morgan fingerprint density at radius 2 is 1.58 bits per heavy atom. The van der Waals surface area contributed by atoms with Crippen molar-refractivity contribution in [3.63, 3.8) is 0 Å². The van der Waals surface area contributed by atoms with Crippen LogP contribution in [0.5, 0.6) is 0 Å². The Hall–Kier alpha value is -3.86. The maximum absolute atomic E-state index is 13.4. The topological polar surface area (TPSA) is 71.3 Å². The maximum Gasteiger partial charge on any atom is 0.306 e. The molecule has 5 rings (SSSR count). The number of hydrogen-bond acceptors (Lipinski definition) is 2. The van der Waals surface area contributed by atoms with Crippen LogP contribution < -0.4 is 5.32 Å². The summed E-state index contributed by atoms with van der Waals surface area (Å²) in [6.07, 6.45) is 5.07. The van der Waals surface area contributed by atoms with E-state index in [-0.39, 0.29) is 17.9 Å². The molecular weight excluding hydrogens is 448 g/mol. The Balaban J connectivity index is 1.31. The highest BCUT2D eigenvalue weighted by Crippen LogP contribution is 2.31. The Morgan fingerprint density at radius 1 is 0.889 bits per heavy atom. The van der Waals surface area contributed by atoms with E-state index in [9.17, 15) is 14.7 Å². The molecule has 0 bridgehead atoms. The number of aromatic nitrogens is 1. The number of nitrogens with zero attached hydrogens (tertiary/aromatic N) is 1. The van der Waals surface area contributed by atoms with Gasteiger partial charge in [-0.2, -0.15) is 0 Å². The lowest BCUT2D eigenvalue weighted by Gasteiger charge is -2.31. The number of para-hydroxylation sites is 1. The van der Waals surface area contributed by atoms with Crippen molar-refractivity contribution < 1.29 is 14.7 Å². The first-order valence-electron chi connectivity index (χ1n) is 12.8. The van der Waals surface area contributed by atoms with Crippen LogP contribution in [0.15, 0.2) is 85.1 Å². The molecule has 5 heteroatoms. The molecule has 1 fully saturated rings. The summed E-state index contributed by atoms with van der Waals surface area (Å²) >= 11 is 0. The Labute approximate surface area is 211 Å². The van der Waals surface area contributed by atoms with Crippen LogP contribution >= 0.6 is 0 Å². The van der Waals surface area contributed by atoms with E-state index in [4.69, 9.17) is 0 Å². The van der Waals surface area contributed by atoms with Crippen molar-refractivity contribution in [2.75, 3.05) is 0 Å². The molecule has 1 aromatic heterocycles. The molecule has 2 N–H and O–H groups in total. The van der Waals surface area contributed by atoms with E-state index in [0.717, 1.165) is 23.7 Å². The van der Waals surface area contributed by atoms with E-state index in [0.29, 0.717) is 30.9 Å². The summed E-state index contributed by atoms with van der Waals surface area (Å²) in [6, 6.07) is 26.8. The fourth-order valence-electron chi connectivity index (χ4n) is 5.47. The summed E-state index contributed by atoms with van der Waals surface area (Å²) < 4.78 is 2.14. The van der Waals surface area contributed by atoms with E-state index in [1.807, 2.05) is 49.5 Å². The van der Waals surface area contributed by atoms with Crippen molar-refractivity contribution in [2.24, 2.45) is 11.8 Å². The average molecular weight is 481 g/mol. The number of nitrogens with one attached hydrogen (secondary N) is 1. The number of hydrogen-bond donors (Lipinski definition) is 2. The maximum atomic E-state index is 13.4. The first-order chi connectivity index (χ1) is 17.5. The number of carboxylic acid groups (broad SMARTS) is 1. The molecule has 1 saturated carbocycles. The highest BCUT2D eigenvalue weighted by atomic mass is 16.4. The van der Waals surface area contributed by atoms with E-state index >= 15 is 0 Å². The van der Waals surface area contributed by atoms with Gasteiger partial charge in [-0.05, 0) is 67.3 Å². The SMILES string of the molecule is CC(NC(=O)c1cccc2ccn(Cc3ccc(-c4ccccc4)cc3)c12)[C@H]1CC[C@H](C(=O)O)CC1. The Bertz CT molecular complexity index is 1350. The second-order valence-electron chi connectivity index (χ2n) is 9.96. The largest absolute Gasteiger partial charge is 0.481 e. The van der Waals surface area contributed by atoms with Gasteiger partial charge in [-0.1, -0.05) is 66.7 Å². The van der Waals surface area contributed by atoms with Crippen molar-refractivity contribution >= 4 is 22.8 Å². The summed E-state index contributed by atoms with van der Waals surface area (Å²) in [5, 5.41) is 13.5. The second kappa shape index (κ2) is 10.4. The van der Waals surface area contributed by atoms with Gasteiger partial charge in [-0.3, -0.25) is 9.59 Å². The van der Waals surface area contributed by atoms with Crippen molar-refractivity contribution in [3.8, 4) is 11.1 Å². The van der Waals surface area contributed by atoms with Gasteiger partial charge in [0, 0.05) is 24.2 Å². The third-order valence-corrected chi connectivity index (χ3v) is 7.63. The first-order valence-corrected chi connectivity index (χ1v) is 12.8. The first kappa shape index (κ1) is 23.9. The number of fused-ring (bicyclic) bond motifs is 1. The highest BCUT2D eigenvalue weighted by Gasteiger charge is 2.29. The number of carboxylic acids is 1. The van der Waals surface area contributed by atoms with Crippen molar-refractivity contribution in [1.29, 1.82) is 0 Å². The lowest BCUT2D eigenvalue weighted by Crippen LogP contribution is -2.40. The van der Waals surface area contributed by atoms with E-state index in [1.165, 1.54) is 16.7 Å². The minimum atomic E-state index is -0.702. The van der Waals surface area contributed by atoms with Gasteiger partial charge in [0.2, 0.25) is 0 Å². The Kier molecular flexibility index (Phi) is 6.90. The monoisotopic (exact) mass is 480 g/mol. The van der Waals surface area contributed by atoms with Gasteiger partial charge in [0.1, 0.15) is 0 Å². The average Bonchev–Trinajstić information content (AvgIpc) is 3.32. The zero-order valence-electron chi connectivity index (χ0n) is 20.6. The third-order valence-electron chi connectivity index (χ3n) is 7.63. The second-order valence-corrected chi connectivity index (χ2v) is 9.96. The minimum absolute atomic E-state index is 0.00329. The van der Waals surface area contributed by atoms with Gasteiger partial charge in [0.05, 0.1) is 17.0 Å². The molecule has 1 aliphatic rings. The smallest absolute Gasteiger partial charge is 0.306 e. The van der Waals surface area contributed by atoms with Gasteiger partial charge >= 0.3 is 5.97 Å². The van der Waals surface area contributed by atoms with E-state index < -0.39 is 5.97 Å². The molecule has 0 spiro atoms. The fraction of sp³-hybridized carbons (Fsp3) is 0.290. The number of aliphatic carboxylic acids is 1. The molecule has 1 atom stereocenters. The molecular formula is C31H32N2O3. The van der Waals surface area contributed by atoms with E-state index in [2.05, 4.69) is 52.3 Å². The van der Waals surface area contributed by atoms with Gasteiger partial charge in [0.15, 0.2) is 0 Å². The lowest BCUT2D eigenvalue weighted by atomic mass is 9.79. The number of carbonyl (C=O) groups excluding carboxylic acids is 1. The summed E-state index contributed by atoms with van der Waals surface area (Å²) in [5.41, 5.74) is 5.16. The van der Waals surface area contributed by atoms with Crippen LogP contribution in [0.2, 0.25) is 0 Å². The van der Waals surface area contributed by atoms with Gasteiger partial charge in [-0.25, -0.2) is 0 Å². The molecule has 1 heterocycles. The molecule has 36 heavy (non-hydrogen) atoms. The van der Waals surface area contributed by atoms with Crippen LogP contribution in [0.3, 0.4) is 0 Å². The normalized spacial score (nSPS) is 18.6. The van der Waals surface area contributed by atoms with Crippen LogP contribution in [0.25, 0.3) is 22.0 Å². The zero-order chi connectivity index (χ0) is 25.1. The fourth-order valence-corrected chi connectivity index (χ4v) is 5.47. The summed E-state index contributed by atoms with van der Waals surface area (Å²) in [4.78, 5) is 24.6. The number of rotatable bonds is 7. The number of amides is 1. The number of carbonyl (C=O) groups is 2. The standard InChI is InChI=1S/C31H32N2O3/c1-21(23-14-16-27(17-15-23)31(35)36)32-30(34)28-9-5-8-26-18-19-33(29(26)28)20-22-10-12-25(13-11-22)24-6-3-2-4-7-24/h2-13,18-19,21,23,27H,14-17,20H2,1H3,(H,32,34)(H,35,36)/t21?,23-,27-. The van der Waals surface area contributed by atoms with Crippen molar-refractivity contribution in [2.45, 2.75) is 45.2 Å². The minimum Gasteiger partial charge on any atom is -0.481 e. The summed E-state index contributed by atoms with van der Waals surface area (Å²) in [7, 11) is 0. The molecule has 0 saturated heterocycles. The molecule has 0 radical (unpaired) electrons. The van der Waals surface area contributed by atoms with Crippen LogP contribution in [0.4, 0.5) is 0 Å². The van der Waals surface area contributed by atoms with Crippen LogP contribution in [-0.2, 0) is 11.3 Å². The highest BCUT2D eigenvalue weighted by molar-refractivity contribution is 6.06. The lowest BCUT2D eigenvalue weighted by molar-refractivity contribution is -0.143. The molecule has 1 amide bonds. The molecule has 0 aliphatic heterocycles. The van der Waals surface area contributed by atoms with Crippen LogP contribution in [-0.4, -0.2) is 27.6 Å². The number of benzene rings is 3. The van der Waals surface area contributed by atoms with Gasteiger partial charge < -0.3 is 15.0 Å². The van der Waals surface area contributed by atoms with Gasteiger partial charge in [0.25, 0.3) is 5.91 Å². The van der Waals surface area contributed by atoms with Crippen molar-refractivity contribution in [1.82, 2.24) is 9.88 Å².